The normalized spacial score (nSPS) is 11.4. The van der Waals surface area contributed by atoms with Gasteiger partial charge < -0.3 is 0 Å². The fourth-order valence-corrected chi connectivity index (χ4v) is 2.81. The van der Waals surface area contributed by atoms with Gasteiger partial charge in [-0.15, -0.1) is 0 Å². The number of rotatable bonds is 17. The van der Waals surface area contributed by atoms with E-state index in [0.717, 1.165) is 19.3 Å². The second-order valence-corrected chi connectivity index (χ2v) is 6.78. The number of hydrogen-bond acceptors (Lipinski definition) is 5. The van der Waals surface area contributed by atoms with E-state index in [1.165, 1.54) is 57.8 Å². The number of hydrogen-bond donors (Lipinski definition) is 0. The predicted molar refractivity (Wildman–Crippen MR) is 94.4 cm³/mol. The van der Waals surface area contributed by atoms with Crippen LogP contribution in [0.5, 0.6) is 0 Å². The summed E-state index contributed by atoms with van der Waals surface area (Å²) in [6.45, 7) is 4.21. The van der Waals surface area contributed by atoms with Gasteiger partial charge in [-0.3, -0.25) is 0 Å². The zero-order valence-electron chi connectivity index (χ0n) is 15.3. The molecule has 0 spiro atoms. The molecule has 0 saturated carbocycles. The van der Waals surface area contributed by atoms with Crippen LogP contribution in [0.4, 0.5) is 0 Å². The molecular weight excluding hydrogens is 327 g/mol. The van der Waals surface area contributed by atoms with Crippen molar-refractivity contribution in [2.24, 2.45) is 0 Å². The van der Waals surface area contributed by atoms with E-state index in [0.29, 0.717) is 0 Å². The molecule has 0 fully saturated rings. The molecule has 0 saturated heterocycles. The molecule has 0 aliphatic rings. The molecule has 135 valence electrons. The van der Waals surface area contributed by atoms with Crippen molar-refractivity contribution >= 4 is 40.0 Å². The molecule has 0 rings (SSSR count). The molecule has 7 heteroatoms. The predicted octanol–water partition coefficient (Wildman–Crippen LogP) is 4.54. The van der Waals surface area contributed by atoms with Gasteiger partial charge in [-0.05, 0) is 13.3 Å². The largest absolute Gasteiger partial charge is 0.426 e. The quantitative estimate of drug-likeness (QED) is 0.165. The molecule has 0 bridgehead atoms. The minimum Gasteiger partial charge on any atom is -0.246 e. The third-order valence-corrected chi connectivity index (χ3v) is 4.19. The van der Waals surface area contributed by atoms with Crippen molar-refractivity contribution < 1.29 is 21.8 Å². The molecule has 0 aromatic carbocycles. The van der Waals surface area contributed by atoms with Crippen molar-refractivity contribution in [2.45, 2.75) is 90.9 Å². The maximum Gasteiger partial charge on any atom is 0.426 e. The van der Waals surface area contributed by atoms with E-state index >= 15 is 0 Å². The first-order valence-corrected chi connectivity index (χ1v) is 10.2. The fraction of sp³-hybridized carbons (Fsp3) is 1.00. The summed E-state index contributed by atoms with van der Waals surface area (Å²) in [6, 6.07) is 0. The van der Waals surface area contributed by atoms with Crippen LogP contribution in [0.25, 0.3) is 0 Å². The van der Waals surface area contributed by atoms with Gasteiger partial charge in [-0.1, -0.05) is 81.9 Å². The van der Waals surface area contributed by atoms with Crippen LogP contribution in [0.2, 0.25) is 0 Å². The summed E-state index contributed by atoms with van der Waals surface area (Å²) in [7, 11) is -3.98. The van der Waals surface area contributed by atoms with Crippen molar-refractivity contribution in [3.8, 4) is 0 Å². The standard InChI is InChI=1S/C16H34O5S.Na/c1-3-5-6-7-8-9-10-11-12-13-14-15-16-20-22(17,18)21-19-4-2;/h3-16H2,1-2H3;. The molecule has 0 aliphatic carbocycles. The van der Waals surface area contributed by atoms with Gasteiger partial charge in [-0.2, -0.15) is 8.42 Å². The third-order valence-electron chi connectivity index (χ3n) is 3.47. The molecule has 5 nitrogen and oxygen atoms in total. The van der Waals surface area contributed by atoms with Gasteiger partial charge >= 0.3 is 10.4 Å². The first kappa shape index (κ1) is 26.1. The Balaban J connectivity index is 0. The van der Waals surface area contributed by atoms with Crippen molar-refractivity contribution in [3.63, 3.8) is 0 Å². The topological polar surface area (TPSA) is 61.8 Å². The fourth-order valence-electron chi connectivity index (χ4n) is 2.23. The van der Waals surface area contributed by atoms with E-state index in [1.807, 2.05) is 0 Å². The van der Waals surface area contributed by atoms with Crippen molar-refractivity contribution in [1.29, 1.82) is 0 Å². The minimum absolute atomic E-state index is 0. The molecule has 23 heavy (non-hydrogen) atoms. The van der Waals surface area contributed by atoms with Gasteiger partial charge in [-0.25, -0.2) is 9.07 Å². The molecule has 0 unspecified atom stereocenters. The van der Waals surface area contributed by atoms with Crippen molar-refractivity contribution in [2.75, 3.05) is 13.2 Å². The molecule has 0 aromatic heterocycles. The van der Waals surface area contributed by atoms with E-state index in [1.54, 1.807) is 6.92 Å². The van der Waals surface area contributed by atoms with Crippen LogP contribution in [0, 0.1) is 0 Å². The Morgan fingerprint density at radius 1 is 0.696 bits per heavy atom. The molecular formula is C16H34NaO5S. The zero-order chi connectivity index (χ0) is 16.5. The van der Waals surface area contributed by atoms with Crippen LogP contribution in [0.3, 0.4) is 0 Å². The first-order chi connectivity index (χ1) is 10.6. The monoisotopic (exact) mass is 361 g/mol. The van der Waals surface area contributed by atoms with Gasteiger partial charge in [0.2, 0.25) is 0 Å². The Morgan fingerprint density at radius 2 is 1.13 bits per heavy atom. The van der Waals surface area contributed by atoms with E-state index in [4.69, 9.17) is 0 Å². The van der Waals surface area contributed by atoms with Crippen LogP contribution < -0.4 is 0 Å². The Labute approximate surface area is 165 Å². The third kappa shape index (κ3) is 20.8. The average Bonchev–Trinajstić information content (AvgIpc) is 2.50. The molecule has 0 aromatic rings. The van der Waals surface area contributed by atoms with Crippen LogP contribution in [-0.4, -0.2) is 51.2 Å². The summed E-state index contributed by atoms with van der Waals surface area (Å²) < 4.78 is 31.0. The SMILES string of the molecule is CCCCCCCCCCCCCCOS(=O)(=O)OOCC.[Na]. The summed E-state index contributed by atoms with van der Waals surface area (Å²) in [5, 5.41) is 0. The van der Waals surface area contributed by atoms with Crippen molar-refractivity contribution in [1.82, 2.24) is 0 Å². The van der Waals surface area contributed by atoms with Gasteiger partial charge in [0.1, 0.15) is 0 Å². The Kier molecular flexibility index (Phi) is 21.7. The summed E-state index contributed by atoms with van der Waals surface area (Å²) in [5.74, 6) is 0. The van der Waals surface area contributed by atoms with Crippen molar-refractivity contribution in [3.05, 3.63) is 0 Å². The Morgan fingerprint density at radius 3 is 1.57 bits per heavy atom. The van der Waals surface area contributed by atoms with E-state index in [9.17, 15) is 8.42 Å². The first-order valence-electron chi connectivity index (χ1n) is 8.82. The molecule has 1 radical (unpaired) electrons. The number of unbranched alkanes of at least 4 members (excludes halogenated alkanes) is 11. The summed E-state index contributed by atoms with van der Waals surface area (Å²) in [5.41, 5.74) is 0. The minimum atomic E-state index is -3.98. The molecule has 0 amide bonds. The Hall–Kier alpha value is 0.830. The molecule has 0 heterocycles. The molecule has 0 aliphatic heterocycles. The maximum atomic E-state index is 11.1. The van der Waals surface area contributed by atoms with Gasteiger partial charge in [0.25, 0.3) is 0 Å². The average molecular weight is 362 g/mol. The summed E-state index contributed by atoms with van der Waals surface area (Å²) in [6.07, 6.45) is 14.8. The van der Waals surface area contributed by atoms with E-state index in [-0.39, 0.29) is 42.8 Å². The summed E-state index contributed by atoms with van der Waals surface area (Å²) >= 11 is 0. The molecule has 0 N–H and O–H groups in total. The zero-order valence-corrected chi connectivity index (χ0v) is 18.2. The second-order valence-electron chi connectivity index (χ2n) is 5.59. The smallest absolute Gasteiger partial charge is 0.246 e. The van der Waals surface area contributed by atoms with Crippen LogP contribution in [0.1, 0.15) is 90.9 Å². The second kappa shape index (κ2) is 19.2. The van der Waals surface area contributed by atoms with Gasteiger partial charge in [0.05, 0.1) is 13.2 Å². The molecule has 0 atom stereocenters. The van der Waals surface area contributed by atoms with Crippen LogP contribution >= 0.6 is 0 Å². The summed E-state index contributed by atoms with van der Waals surface area (Å²) in [4.78, 5) is 4.35. The van der Waals surface area contributed by atoms with Crippen LogP contribution in [-0.2, 0) is 23.8 Å². The van der Waals surface area contributed by atoms with Gasteiger partial charge in [0, 0.05) is 29.6 Å². The van der Waals surface area contributed by atoms with E-state index in [2.05, 4.69) is 20.3 Å². The Bertz CT molecular complexity index is 322. The van der Waals surface area contributed by atoms with Gasteiger partial charge in [0.15, 0.2) is 0 Å². The van der Waals surface area contributed by atoms with Crippen LogP contribution in [0.15, 0.2) is 0 Å². The maximum absolute atomic E-state index is 11.1. The van der Waals surface area contributed by atoms with E-state index < -0.39 is 10.4 Å².